The minimum absolute atomic E-state index is 0.276. The van der Waals surface area contributed by atoms with Crippen molar-refractivity contribution in [2.75, 3.05) is 5.33 Å². The van der Waals surface area contributed by atoms with Gasteiger partial charge in [0.25, 0.3) is 0 Å². The van der Waals surface area contributed by atoms with E-state index in [0.717, 1.165) is 17.3 Å². The van der Waals surface area contributed by atoms with Gasteiger partial charge in [-0.25, -0.2) is 4.79 Å². The molecule has 0 aromatic heterocycles. The Morgan fingerprint density at radius 2 is 2.00 bits per heavy atom. The molecule has 0 radical (unpaired) electrons. The minimum Gasteiger partial charge on any atom is -0.456 e. The van der Waals surface area contributed by atoms with Crippen molar-refractivity contribution in [1.82, 2.24) is 0 Å². The van der Waals surface area contributed by atoms with Crippen molar-refractivity contribution in [3.05, 3.63) is 41.5 Å². The van der Waals surface area contributed by atoms with Crippen LogP contribution in [0.2, 0.25) is 0 Å². The summed E-state index contributed by atoms with van der Waals surface area (Å²) in [6.07, 6.45) is 4.93. The average Bonchev–Trinajstić information content (AvgIpc) is 2.27. The zero-order valence-corrected chi connectivity index (χ0v) is 12.7. The van der Waals surface area contributed by atoms with E-state index >= 15 is 0 Å². The summed E-state index contributed by atoms with van der Waals surface area (Å²) in [4.78, 5) is 12.0. The molecule has 0 atom stereocenters. The first-order chi connectivity index (χ1) is 8.44. The molecule has 0 N–H and O–H groups in total. The largest absolute Gasteiger partial charge is 0.456 e. The Kier molecular flexibility index (Phi) is 5.60. The van der Waals surface area contributed by atoms with E-state index < -0.39 is 5.60 Å². The molecule has 0 saturated heterocycles. The molecule has 1 aromatic carbocycles. The first-order valence-corrected chi connectivity index (χ1v) is 7.11. The van der Waals surface area contributed by atoms with Crippen LogP contribution < -0.4 is 0 Å². The van der Waals surface area contributed by atoms with Crippen LogP contribution in [0.1, 0.15) is 43.1 Å². The van der Waals surface area contributed by atoms with Gasteiger partial charge in [-0.2, -0.15) is 0 Å². The highest BCUT2D eigenvalue weighted by Gasteiger charge is 2.19. The van der Waals surface area contributed by atoms with E-state index in [1.54, 1.807) is 6.07 Å². The SMILES string of the molecule is CC(C)(C)OC(=O)c1ccccc1C=CCCBr. The number of hydrogen-bond acceptors (Lipinski definition) is 2. The Bertz CT molecular complexity index is 430. The maximum atomic E-state index is 12.0. The first kappa shape index (κ1) is 15.0. The number of allylic oxidation sites excluding steroid dienone is 1. The van der Waals surface area contributed by atoms with E-state index in [2.05, 4.69) is 15.9 Å². The molecule has 0 fully saturated rings. The molecule has 98 valence electrons. The zero-order valence-electron chi connectivity index (χ0n) is 11.1. The number of carbonyl (C=O) groups excluding carboxylic acids is 1. The fourth-order valence-electron chi connectivity index (χ4n) is 1.43. The van der Waals surface area contributed by atoms with Crippen LogP contribution in [-0.4, -0.2) is 16.9 Å². The molecule has 0 heterocycles. The third kappa shape index (κ3) is 5.05. The third-order valence-electron chi connectivity index (χ3n) is 2.15. The fourth-order valence-corrected chi connectivity index (χ4v) is 1.70. The molecular formula is C15H19BrO2. The quantitative estimate of drug-likeness (QED) is 0.607. The van der Waals surface area contributed by atoms with Gasteiger partial charge in [0.2, 0.25) is 0 Å². The van der Waals surface area contributed by atoms with E-state index in [1.165, 1.54) is 0 Å². The fraction of sp³-hybridized carbons (Fsp3) is 0.400. The molecular weight excluding hydrogens is 292 g/mol. The van der Waals surface area contributed by atoms with E-state index in [-0.39, 0.29) is 5.97 Å². The molecule has 0 aliphatic carbocycles. The molecule has 1 aromatic rings. The number of esters is 1. The van der Waals surface area contributed by atoms with Gasteiger partial charge in [-0.3, -0.25) is 0 Å². The average molecular weight is 311 g/mol. The van der Waals surface area contributed by atoms with Gasteiger partial charge in [-0.1, -0.05) is 46.3 Å². The maximum Gasteiger partial charge on any atom is 0.339 e. The molecule has 18 heavy (non-hydrogen) atoms. The molecule has 0 saturated carbocycles. The standard InChI is InChI=1S/C15H19BrO2/c1-15(2,3)18-14(17)13-10-5-4-8-12(13)9-6-7-11-16/h4-6,8-10H,7,11H2,1-3H3. The van der Waals surface area contributed by atoms with Gasteiger partial charge in [-0.15, -0.1) is 0 Å². The summed E-state index contributed by atoms with van der Waals surface area (Å²) in [5, 5.41) is 0.915. The summed E-state index contributed by atoms with van der Waals surface area (Å²) in [5.74, 6) is -0.276. The van der Waals surface area contributed by atoms with Gasteiger partial charge in [0.15, 0.2) is 0 Å². The van der Waals surface area contributed by atoms with Crippen molar-refractivity contribution < 1.29 is 9.53 Å². The lowest BCUT2D eigenvalue weighted by atomic mass is 10.1. The van der Waals surface area contributed by atoms with Gasteiger partial charge in [0, 0.05) is 5.33 Å². The monoisotopic (exact) mass is 310 g/mol. The second kappa shape index (κ2) is 6.74. The summed E-state index contributed by atoms with van der Waals surface area (Å²) >= 11 is 3.37. The summed E-state index contributed by atoms with van der Waals surface area (Å²) in [6.45, 7) is 5.61. The van der Waals surface area contributed by atoms with Gasteiger partial charge < -0.3 is 4.74 Å². The minimum atomic E-state index is -0.468. The van der Waals surface area contributed by atoms with Crippen molar-refractivity contribution in [2.24, 2.45) is 0 Å². The molecule has 0 aliphatic heterocycles. The van der Waals surface area contributed by atoms with Crippen LogP contribution in [0.4, 0.5) is 0 Å². The Balaban J connectivity index is 2.91. The summed E-state index contributed by atoms with van der Waals surface area (Å²) in [5.41, 5.74) is 1.04. The van der Waals surface area contributed by atoms with Crippen LogP contribution in [0, 0.1) is 0 Å². The Hall–Kier alpha value is -1.09. The van der Waals surface area contributed by atoms with Crippen molar-refractivity contribution in [3.8, 4) is 0 Å². The van der Waals surface area contributed by atoms with Crippen molar-refractivity contribution in [1.29, 1.82) is 0 Å². The van der Waals surface area contributed by atoms with Crippen LogP contribution in [0.25, 0.3) is 6.08 Å². The predicted molar refractivity (Wildman–Crippen MR) is 79.1 cm³/mol. The van der Waals surface area contributed by atoms with Crippen LogP contribution in [0.3, 0.4) is 0 Å². The smallest absolute Gasteiger partial charge is 0.339 e. The van der Waals surface area contributed by atoms with Crippen molar-refractivity contribution in [2.45, 2.75) is 32.8 Å². The number of halogens is 1. The number of carbonyl (C=O) groups is 1. The van der Waals surface area contributed by atoms with E-state index in [0.29, 0.717) is 5.56 Å². The topological polar surface area (TPSA) is 26.3 Å². The van der Waals surface area contributed by atoms with Gasteiger partial charge in [0.05, 0.1) is 5.56 Å². The molecule has 0 spiro atoms. The van der Waals surface area contributed by atoms with Crippen LogP contribution in [0.15, 0.2) is 30.3 Å². The molecule has 0 amide bonds. The third-order valence-corrected chi connectivity index (χ3v) is 2.61. The normalized spacial score (nSPS) is 11.8. The van der Waals surface area contributed by atoms with Crippen LogP contribution >= 0.6 is 15.9 Å². The second-order valence-electron chi connectivity index (χ2n) is 4.97. The lowest BCUT2D eigenvalue weighted by Gasteiger charge is -2.20. The number of rotatable bonds is 4. The number of benzene rings is 1. The summed E-state index contributed by atoms with van der Waals surface area (Å²) in [6, 6.07) is 7.48. The number of hydrogen-bond donors (Lipinski definition) is 0. The highest BCUT2D eigenvalue weighted by molar-refractivity contribution is 9.09. The van der Waals surface area contributed by atoms with Gasteiger partial charge in [0.1, 0.15) is 5.60 Å². The maximum absolute atomic E-state index is 12.0. The van der Waals surface area contributed by atoms with Crippen molar-refractivity contribution >= 4 is 28.0 Å². The lowest BCUT2D eigenvalue weighted by Crippen LogP contribution is -2.24. The molecule has 0 aliphatic rings. The summed E-state index contributed by atoms with van der Waals surface area (Å²) in [7, 11) is 0. The Morgan fingerprint density at radius 3 is 2.61 bits per heavy atom. The summed E-state index contributed by atoms with van der Waals surface area (Å²) < 4.78 is 5.39. The molecule has 2 nitrogen and oxygen atoms in total. The first-order valence-electron chi connectivity index (χ1n) is 5.99. The molecule has 0 bridgehead atoms. The van der Waals surface area contributed by atoms with Crippen LogP contribution in [0.5, 0.6) is 0 Å². The number of alkyl halides is 1. The van der Waals surface area contributed by atoms with Crippen molar-refractivity contribution in [3.63, 3.8) is 0 Å². The van der Waals surface area contributed by atoms with E-state index in [9.17, 15) is 4.79 Å². The highest BCUT2D eigenvalue weighted by atomic mass is 79.9. The van der Waals surface area contributed by atoms with Gasteiger partial charge in [-0.05, 0) is 38.8 Å². The number of ether oxygens (including phenoxy) is 1. The van der Waals surface area contributed by atoms with Crippen LogP contribution in [-0.2, 0) is 4.74 Å². The highest BCUT2D eigenvalue weighted by Crippen LogP contribution is 2.17. The Labute approximate surface area is 117 Å². The second-order valence-corrected chi connectivity index (χ2v) is 5.76. The van der Waals surface area contributed by atoms with Gasteiger partial charge >= 0.3 is 5.97 Å². The zero-order chi connectivity index (χ0) is 13.6. The predicted octanol–water partition coefficient (Wildman–Crippen LogP) is 4.44. The molecule has 3 heteroatoms. The van der Waals surface area contributed by atoms with E-state index in [1.807, 2.05) is 51.1 Å². The Morgan fingerprint density at radius 1 is 1.33 bits per heavy atom. The lowest BCUT2D eigenvalue weighted by molar-refractivity contribution is 0.00693. The van der Waals surface area contributed by atoms with E-state index in [4.69, 9.17) is 4.74 Å². The molecule has 1 rings (SSSR count). The molecule has 0 unspecified atom stereocenters.